The Morgan fingerprint density at radius 1 is 1.29 bits per heavy atom. The van der Waals surface area contributed by atoms with Gasteiger partial charge in [0.15, 0.2) is 0 Å². The fourth-order valence-corrected chi connectivity index (χ4v) is 2.65. The number of hydrogen-bond acceptors (Lipinski definition) is 3. The van der Waals surface area contributed by atoms with E-state index in [2.05, 4.69) is 21.2 Å². The van der Waals surface area contributed by atoms with Crippen LogP contribution in [-0.4, -0.2) is 30.7 Å². The van der Waals surface area contributed by atoms with E-state index in [1.54, 1.807) is 18.3 Å². The Labute approximate surface area is 147 Å². The van der Waals surface area contributed by atoms with Crippen LogP contribution in [0.2, 0.25) is 5.02 Å². The van der Waals surface area contributed by atoms with Crippen molar-refractivity contribution >= 4 is 29.8 Å². The third kappa shape index (κ3) is 7.00. The van der Waals surface area contributed by atoms with Gasteiger partial charge in [-0.15, -0.1) is 0 Å². The van der Waals surface area contributed by atoms with Gasteiger partial charge in [-0.05, 0) is 37.0 Å². The molecule has 1 fully saturated rings. The van der Waals surface area contributed by atoms with Gasteiger partial charge in [0.25, 0.3) is 0 Å². The maximum absolute atomic E-state index is 11.7. The number of nitrogens with one attached hydrogen (secondary N) is 3. The maximum Gasteiger partial charge on any atom is 0.315 e. The molecule has 130 valence electrons. The number of hydrogen-bond donors (Lipinski definition) is 3. The third-order valence-corrected chi connectivity index (χ3v) is 4.09. The lowest BCUT2D eigenvalue weighted by atomic mass is 10.0. The lowest BCUT2D eigenvalue weighted by Crippen LogP contribution is -2.49. The fraction of sp³-hybridized carbons (Fsp3) is 0.471. The van der Waals surface area contributed by atoms with Crippen molar-refractivity contribution in [1.29, 1.82) is 0 Å². The zero-order valence-corrected chi connectivity index (χ0v) is 14.3. The molecule has 7 heteroatoms. The predicted octanol–water partition coefficient (Wildman–Crippen LogP) is 2.81. The van der Waals surface area contributed by atoms with Gasteiger partial charge in [0.2, 0.25) is 5.91 Å². The van der Waals surface area contributed by atoms with E-state index in [9.17, 15) is 9.59 Å². The topological polar surface area (TPSA) is 82.6 Å². The summed E-state index contributed by atoms with van der Waals surface area (Å²) in [6.45, 7) is 0.741. The van der Waals surface area contributed by atoms with Gasteiger partial charge >= 0.3 is 6.03 Å². The van der Waals surface area contributed by atoms with Crippen molar-refractivity contribution < 1.29 is 9.59 Å². The summed E-state index contributed by atoms with van der Waals surface area (Å²) in [6, 6.07) is 7.39. The van der Waals surface area contributed by atoms with Gasteiger partial charge in [0.1, 0.15) is 0 Å². The van der Waals surface area contributed by atoms with E-state index < -0.39 is 0 Å². The molecule has 24 heavy (non-hydrogen) atoms. The number of urea groups is 1. The minimum atomic E-state index is -0.0876. The van der Waals surface area contributed by atoms with E-state index in [1.165, 1.54) is 0 Å². The summed E-state index contributed by atoms with van der Waals surface area (Å²) < 4.78 is 0. The smallest absolute Gasteiger partial charge is 0.315 e. The van der Waals surface area contributed by atoms with Crippen molar-refractivity contribution in [2.45, 2.75) is 44.6 Å². The lowest BCUT2D eigenvalue weighted by molar-refractivity contribution is -0.121. The average molecular weight is 351 g/mol. The summed E-state index contributed by atoms with van der Waals surface area (Å²) in [5.41, 5.74) is 3.40. The highest BCUT2D eigenvalue weighted by Gasteiger charge is 2.16. The monoisotopic (exact) mass is 350 g/mol. The quantitative estimate of drug-likeness (QED) is 0.383. The summed E-state index contributed by atoms with van der Waals surface area (Å²) in [6.07, 6.45) is 6.77. The number of carbonyl (C=O) groups is 2. The molecule has 3 amide bonds. The fourth-order valence-electron chi connectivity index (χ4n) is 2.52. The van der Waals surface area contributed by atoms with Crippen molar-refractivity contribution in [2.24, 2.45) is 5.10 Å². The molecule has 0 saturated carbocycles. The van der Waals surface area contributed by atoms with Gasteiger partial charge in [-0.25, -0.2) is 10.2 Å². The molecule has 3 N–H and O–H groups in total. The summed E-state index contributed by atoms with van der Waals surface area (Å²) in [5.74, 6) is -0.0876. The second-order valence-electron chi connectivity index (χ2n) is 5.83. The normalized spacial score (nSPS) is 17.4. The molecule has 0 aliphatic carbocycles. The van der Waals surface area contributed by atoms with Crippen LogP contribution in [0.1, 0.15) is 44.1 Å². The highest BCUT2D eigenvalue weighted by Crippen LogP contribution is 2.10. The molecule has 1 saturated heterocycles. The minimum absolute atomic E-state index is 0.0795. The zero-order valence-electron chi connectivity index (χ0n) is 13.6. The molecule has 2 rings (SSSR count). The van der Waals surface area contributed by atoms with Crippen LogP contribution in [0.15, 0.2) is 29.4 Å². The molecule has 1 heterocycles. The standard InChI is InChI=1S/C17H23ClN4O2/c18-14-8-6-13(7-9-14)12-20-22-16(23)5-3-1-2-4-15-10-11-19-17(24)21-15/h6-9,12,15H,1-5,10-11H2,(H,22,23)(H2,19,21,24)/b20-12+. The number of unbranched alkanes of at least 4 members (excludes halogenated alkanes) is 2. The van der Waals surface area contributed by atoms with Crippen LogP contribution in [0.3, 0.4) is 0 Å². The number of carbonyl (C=O) groups excluding carboxylic acids is 2. The van der Waals surface area contributed by atoms with Gasteiger partial charge in [-0.3, -0.25) is 4.79 Å². The number of benzene rings is 1. The van der Waals surface area contributed by atoms with Crippen molar-refractivity contribution in [3.8, 4) is 0 Å². The Kier molecular flexibility index (Phi) is 7.55. The van der Waals surface area contributed by atoms with Crippen LogP contribution in [-0.2, 0) is 4.79 Å². The van der Waals surface area contributed by atoms with E-state index in [-0.39, 0.29) is 18.0 Å². The van der Waals surface area contributed by atoms with E-state index >= 15 is 0 Å². The Morgan fingerprint density at radius 3 is 2.83 bits per heavy atom. The summed E-state index contributed by atoms with van der Waals surface area (Å²) in [7, 11) is 0. The lowest BCUT2D eigenvalue weighted by Gasteiger charge is -2.24. The van der Waals surface area contributed by atoms with Crippen molar-refractivity contribution in [1.82, 2.24) is 16.1 Å². The first-order valence-electron chi connectivity index (χ1n) is 8.25. The molecule has 0 bridgehead atoms. The van der Waals surface area contributed by atoms with E-state index in [1.807, 2.05) is 12.1 Å². The largest absolute Gasteiger partial charge is 0.338 e. The van der Waals surface area contributed by atoms with Gasteiger partial charge in [0.05, 0.1) is 6.21 Å². The van der Waals surface area contributed by atoms with E-state index in [4.69, 9.17) is 11.6 Å². The SMILES string of the molecule is O=C(CCCCCC1CCNC(=O)N1)N/N=C/c1ccc(Cl)cc1. The van der Waals surface area contributed by atoms with E-state index in [0.717, 1.165) is 44.2 Å². The van der Waals surface area contributed by atoms with Gasteiger partial charge in [0, 0.05) is 24.0 Å². The van der Waals surface area contributed by atoms with Crippen LogP contribution in [0.4, 0.5) is 4.79 Å². The number of nitrogens with zero attached hydrogens (tertiary/aromatic N) is 1. The molecule has 1 unspecified atom stereocenters. The molecule has 0 spiro atoms. The van der Waals surface area contributed by atoms with Crippen molar-refractivity contribution in [3.63, 3.8) is 0 Å². The summed E-state index contributed by atoms with van der Waals surface area (Å²) in [5, 5.41) is 10.2. The number of hydrazone groups is 1. The Bertz CT molecular complexity index is 574. The third-order valence-electron chi connectivity index (χ3n) is 3.84. The van der Waals surface area contributed by atoms with Crippen LogP contribution in [0, 0.1) is 0 Å². The zero-order chi connectivity index (χ0) is 17.2. The Balaban J connectivity index is 1.53. The van der Waals surface area contributed by atoms with E-state index in [0.29, 0.717) is 11.4 Å². The maximum atomic E-state index is 11.7. The first-order chi connectivity index (χ1) is 11.6. The molecule has 1 aliphatic heterocycles. The Morgan fingerprint density at radius 2 is 2.08 bits per heavy atom. The van der Waals surface area contributed by atoms with Crippen molar-refractivity contribution in [3.05, 3.63) is 34.9 Å². The van der Waals surface area contributed by atoms with Gasteiger partial charge < -0.3 is 10.6 Å². The second kappa shape index (κ2) is 9.93. The summed E-state index contributed by atoms with van der Waals surface area (Å²) >= 11 is 5.80. The first kappa shape index (κ1) is 18.3. The van der Waals surface area contributed by atoms with Crippen LogP contribution < -0.4 is 16.1 Å². The van der Waals surface area contributed by atoms with Crippen LogP contribution >= 0.6 is 11.6 Å². The average Bonchev–Trinajstić information content (AvgIpc) is 2.56. The number of halogens is 1. The van der Waals surface area contributed by atoms with Gasteiger partial charge in [-0.2, -0.15) is 5.10 Å². The van der Waals surface area contributed by atoms with Crippen LogP contribution in [0.5, 0.6) is 0 Å². The highest BCUT2D eigenvalue weighted by molar-refractivity contribution is 6.30. The molecular weight excluding hydrogens is 328 g/mol. The highest BCUT2D eigenvalue weighted by atomic mass is 35.5. The molecule has 6 nitrogen and oxygen atoms in total. The molecule has 1 atom stereocenters. The minimum Gasteiger partial charge on any atom is -0.338 e. The number of rotatable bonds is 8. The van der Waals surface area contributed by atoms with Gasteiger partial charge in [-0.1, -0.05) is 36.6 Å². The molecule has 0 radical (unpaired) electrons. The predicted molar refractivity (Wildman–Crippen MR) is 95.2 cm³/mol. The number of amides is 3. The summed E-state index contributed by atoms with van der Waals surface area (Å²) in [4.78, 5) is 22.9. The molecule has 0 aromatic heterocycles. The molecule has 1 aromatic carbocycles. The second-order valence-corrected chi connectivity index (χ2v) is 6.27. The van der Waals surface area contributed by atoms with Crippen LogP contribution in [0.25, 0.3) is 0 Å². The molecule has 1 aliphatic rings. The Hall–Kier alpha value is -2.08. The van der Waals surface area contributed by atoms with Crippen molar-refractivity contribution in [2.75, 3.05) is 6.54 Å². The molecular formula is C17H23ClN4O2. The first-order valence-corrected chi connectivity index (χ1v) is 8.63. The molecule has 1 aromatic rings.